The quantitative estimate of drug-likeness (QED) is 0.215. The Morgan fingerprint density at radius 2 is 1.78 bits per heavy atom. The number of aromatic nitrogens is 1. The van der Waals surface area contributed by atoms with Crippen LogP contribution in [0.15, 0.2) is 36.4 Å². The monoisotopic (exact) mass is 648 g/mol. The molecule has 13 heteroatoms. The summed E-state index contributed by atoms with van der Waals surface area (Å²) in [5.41, 5.74) is -2.81. The number of nitrogens with zero attached hydrogens (tertiary/aromatic N) is 2. The first-order valence-electron chi connectivity index (χ1n) is 15.2. The number of hydrogen-bond acceptors (Lipinski definition) is 6. The van der Waals surface area contributed by atoms with Crippen LogP contribution in [0.25, 0.3) is 22.2 Å². The van der Waals surface area contributed by atoms with E-state index in [2.05, 4.69) is 18.0 Å². The molecule has 2 aromatic carbocycles. The highest BCUT2D eigenvalue weighted by Crippen LogP contribution is 2.66. The van der Waals surface area contributed by atoms with Crippen molar-refractivity contribution in [3.8, 4) is 17.0 Å². The molecule has 6 rings (SSSR count). The summed E-state index contributed by atoms with van der Waals surface area (Å²) < 4.78 is 75.7. The van der Waals surface area contributed by atoms with Gasteiger partial charge in [0.1, 0.15) is 5.75 Å². The number of fused-ring (bicyclic) bond motifs is 7. The number of carbonyl (C=O) groups excluding carboxylic acids is 1. The maximum absolute atomic E-state index is 14.3. The molecule has 9 nitrogen and oxygen atoms in total. The number of carboxylic acid groups (broad SMARTS) is 1. The maximum Gasteiger partial charge on any atom is 0.534 e. The molecular weight excluding hydrogens is 613 g/mol. The van der Waals surface area contributed by atoms with Crippen LogP contribution in [0.5, 0.6) is 5.75 Å². The topological polar surface area (TPSA) is 115 Å². The summed E-state index contributed by atoms with van der Waals surface area (Å²) in [6.45, 7) is 5.98. The number of aromatic carboxylic acids is 1. The number of amides is 1. The Labute approximate surface area is 259 Å². The van der Waals surface area contributed by atoms with E-state index in [0.717, 1.165) is 42.3 Å². The Bertz CT molecular complexity index is 1770. The largest absolute Gasteiger partial charge is 0.534 e. The number of carboxylic acids is 1. The maximum atomic E-state index is 14.3. The summed E-state index contributed by atoms with van der Waals surface area (Å²) in [4.78, 5) is 28.1. The third-order valence-corrected chi connectivity index (χ3v) is 10.4. The van der Waals surface area contributed by atoms with Crippen LogP contribution in [0.3, 0.4) is 0 Å². The highest BCUT2D eigenvalue weighted by molar-refractivity contribution is 7.88. The Morgan fingerprint density at radius 1 is 1.09 bits per heavy atom. The number of benzene rings is 2. The van der Waals surface area contributed by atoms with E-state index in [1.807, 2.05) is 10.6 Å². The van der Waals surface area contributed by atoms with Crippen LogP contribution < -0.4 is 4.18 Å². The second-order valence-electron chi connectivity index (χ2n) is 12.2. The van der Waals surface area contributed by atoms with E-state index >= 15 is 0 Å². The van der Waals surface area contributed by atoms with Crippen molar-refractivity contribution in [2.24, 2.45) is 5.41 Å². The van der Waals surface area contributed by atoms with Gasteiger partial charge in [-0.15, -0.1) is 0 Å². The molecule has 2 aliphatic heterocycles. The SMILES string of the molecule is CCCC(CCC)c1c2n(c3cc(C(=O)O)ccc13)CC1(C(=O)N3CCOCC3)CC1c1cc(OS(=O)(=O)C(F)(F)F)ccc1-2. The predicted octanol–water partition coefficient (Wildman–Crippen LogP) is 6.26. The number of carbonyl (C=O) groups is 2. The molecule has 3 aliphatic rings. The van der Waals surface area contributed by atoms with Crippen LogP contribution in [-0.2, 0) is 26.2 Å². The molecule has 1 amide bonds. The lowest BCUT2D eigenvalue weighted by Crippen LogP contribution is -2.45. The standard InChI is InChI=1S/C32H35F3N2O7S/c1-3-5-19(6-4-2)27-23-9-7-20(29(38)39)15-26(23)37-18-31(30(40)36-11-13-43-14-12-36)17-25(31)24-16-21(8-10-22(24)28(27)37)44-45(41,42)32(33,34)35/h7-10,15-16,19,25H,3-6,11-14,17-18H2,1-2H3,(H,38,39). The van der Waals surface area contributed by atoms with Crippen molar-refractivity contribution in [2.45, 2.75) is 69.8 Å². The van der Waals surface area contributed by atoms with Crippen molar-refractivity contribution in [1.82, 2.24) is 9.47 Å². The summed E-state index contributed by atoms with van der Waals surface area (Å²) in [7, 11) is -5.92. The summed E-state index contributed by atoms with van der Waals surface area (Å²) in [5, 5.41) is 10.7. The number of morpholine rings is 1. The van der Waals surface area contributed by atoms with E-state index in [9.17, 15) is 36.3 Å². The molecule has 0 radical (unpaired) electrons. The van der Waals surface area contributed by atoms with Gasteiger partial charge in [0, 0.05) is 42.0 Å². The highest BCUT2D eigenvalue weighted by atomic mass is 32.2. The third-order valence-electron chi connectivity index (χ3n) is 9.42. The molecule has 0 bridgehead atoms. The number of rotatable bonds is 9. The van der Waals surface area contributed by atoms with E-state index in [1.165, 1.54) is 12.1 Å². The highest BCUT2D eigenvalue weighted by Gasteiger charge is 2.64. The van der Waals surface area contributed by atoms with Crippen LogP contribution in [0, 0.1) is 5.41 Å². The second-order valence-corrected chi connectivity index (χ2v) is 13.7. The molecule has 3 aromatic rings. The van der Waals surface area contributed by atoms with Gasteiger partial charge in [0.05, 0.1) is 29.9 Å². The Kier molecular flexibility index (Phi) is 7.91. The normalized spacial score (nSPS) is 21.2. The van der Waals surface area contributed by atoms with Gasteiger partial charge in [-0.2, -0.15) is 21.6 Å². The van der Waals surface area contributed by atoms with Crippen molar-refractivity contribution in [1.29, 1.82) is 0 Å². The second kappa shape index (κ2) is 11.3. The number of alkyl halides is 3. The zero-order chi connectivity index (χ0) is 32.3. The van der Waals surface area contributed by atoms with Gasteiger partial charge in [-0.1, -0.05) is 32.8 Å². The first-order chi connectivity index (χ1) is 21.3. The third kappa shape index (κ3) is 5.27. The van der Waals surface area contributed by atoms with Gasteiger partial charge >= 0.3 is 21.6 Å². The van der Waals surface area contributed by atoms with Gasteiger partial charge in [0.2, 0.25) is 5.91 Å². The average Bonchev–Trinajstić information content (AvgIpc) is 3.66. The fourth-order valence-corrected chi connectivity index (χ4v) is 7.78. The first-order valence-corrected chi connectivity index (χ1v) is 16.7. The van der Waals surface area contributed by atoms with Gasteiger partial charge < -0.3 is 23.5 Å². The van der Waals surface area contributed by atoms with E-state index in [1.54, 1.807) is 23.1 Å². The average molecular weight is 649 g/mol. The first kappa shape index (κ1) is 31.4. The van der Waals surface area contributed by atoms with E-state index < -0.39 is 38.7 Å². The molecule has 3 heterocycles. The van der Waals surface area contributed by atoms with Crippen molar-refractivity contribution in [3.63, 3.8) is 0 Å². The molecule has 242 valence electrons. The zero-order valence-electron chi connectivity index (χ0n) is 25.0. The van der Waals surface area contributed by atoms with Gasteiger partial charge in [-0.3, -0.25) is 4.79 Å². The molecule has 2 fully saturated rings. The smallest absolute Gasteiger partial charge is 0.478 e. The fraction of sp³-hybridized carbons (Fsp3) is 0.500. The van der Waals surface area contributed by atoms with E-state index in [0.29, 0.717) is 49.4 Å². The van der Waals surface area contributed by atoms with Gasteiger partial charge in [-0.25, -0.2) is 4.79 Å². The Balaban J connectivity index is 1.62. The van der Waals surface area contributed by atoms with Crippen molar-refractivity contribution in [2.75, 3.05) is 26.3 Å². The minimum absolute atomic E-state index is 0.0872. The van der Waals surface area contributed by atoms with Crippen LogP contribution in [0.2, 0.25) is 0 Å². The number of ether oxygens (including phenoxy) is 1. The summed E-state index contributed by atoms with van der Waals surface area (Å²) in [6.07, 6.45) is 3.87. The molecule has 2 unspecified atom stereocenters. The molecule has 1 N–H and O–H groups in total. The van der Waals surface area contributed by atoms with Gasteiger partial charge in [-0.05, 0) is 66.6 Å². The summed E-state index contributed by atoms with van der Waals surface area (Å²) >= 11 is 0. The molecule has 1 aliphatic carbocycles. The van der Waals surface area contributed by atoms with Crippen molar-refractivity contribution in [3.05, 3.63) is 53.1 Å². The summed E-state index contributed by atoms with van der Waals surface area (Å²) in [6, 6.07) is 9.11. The number of hydrogen-bond donors (Lipinski definition) is 1. The minimum Gasteiger partial charge on any atom is -0.478 e. The van der Waals surface area contributed by atoms with E-state index in [4.69, 9.17) is 4.74 Å². The van der Waals surface area contributed by atoms with E-state index in [-0.39, 0.29) is 23.9 Å². The lowest BCUT2D eigenvalue weighted by atomic mass is 9.85. The van der Waals surface area contributed by atoms with Gasteiger partial charge in [0.25, 0.3) is 0 Å². The molecule has 1 saturated carbocycles. The van der Waals surface area contributed by atoms with Crippen molar-refractivity contribution < 1.29 is 45.2 Å². The van der Waals surface area contributed by atoms with Crippen LogP contribution in [0.1, 0.15) is 79.3 Å². The molecule has 1 saturated heterocycles. The summed E-state index contributed by atoms with van der Waals surface area (Å²) in [5.74, 6) is -2.01. The lowest BCUT2D eigenvalue weighted by Gasteiger charge is -2.31. The molecular formula is C32H35F3N2O7S. The number of halogens is 3. The molecule has 1 aromatic heterocycles. The Hall–Kier alpha value is -3.58. The molecule has 2 atom stereocenters. The van der Waals surface area contributed by atoms with Crippen LogP contribution in [-0.4, -0.2) is 66.7 Å². The fourth-order valence-electron chi connectivity index (χ4n) is 7.33. The van der Waals surface area contributed by atoms with Gasteiger partial charge in [0.15, 0.2) is 0 Å². The molecule has 45 heavy (non-hydrogen) atoms. The molecule has 0 spiro atoms. The zero-order valence-corrected chi connectivity index (χ0v) is 25.8. The van der Waals surface area contributed by atoms with Crippen molar-refractivity contribution >= 4 is 32.9 Å². The van der Waals surface area contributed by atoms with Crippen LogP contribution >= 0.6 is 0 Å². The Morgan fingerprint density at radius 3 is 2.40 bits per heavy atom. The predicted molar refractivity (Wildman–Crippen MR) is 160 cm³/mol. The lowest BCUT2D eigenvalue weighted by molar-refractivity contribution is -0.141. The minimum atomic E-state index is -5.92. The van der Waals surface area contributed by atoms with Crippen LogP contribution in [0.4, 0.5) is 13.2 Å².